The van der Waals surface area contributed by atoms with Gasteiger partial charge in [0.05, 0.1) is 5.57 Å². The fourth-order valence-electron chi connectivity index (χ4n) is 2.88. The van der Waals surface area contributed by atoms with Crippen molar-refractivity contribution in [1.82, 2.24) is 5.32 Å². The molecule has 37 heavy (non-hydrogen) atoms. The van der Waals surface area contributed by atoms with Crippen LogP contribution >= 0.6 is 0 Å². The summed E-state index contributed by atoms with van der Waals surface area (Å²) in [5, 5.41) is 11.6. The summed E-state index contributed by atoms with van der Waals surface area (Å²) >= 11 is 0. The SMILES string of the molecule is C=CCN.C=CCNC(=O)OC(C)(C)CCC.CCCC(C)(C)OC(=O)O/C=C(\C#N)c1ccccc1. The lowest BCUT2D eigenvalue weighted by Crippen LogP contribution is -2.34. The van der Waals surface area contributed by atoms with Crippen molar-refractivity contribution >= 4 is 17.8 Å². The van der Waals surface area contributed by atoms with Crippen molar-refractivity contribution in [2.24, 2.45) is 5.73 Å². The van der Waals surface area contributed by atoms with E-state index in [4.69, 9.17) is 25.2 Å². The number of ether oxygens (including phenoxy) is 3. The highest BCUT2D eigenvalue weighted by atomic mass is 16.7. The van der Waals surface area contributed by atoms with Crippen molar-refractivity contribution in [2.45, 2.75) is 78.4 Å². The number of benzene rings is 1. The van der Waals surface area contributed by atoms with Gasteiger partial charge in [0.15, 0.2) is 0 Å². The monoisotopic (exact) mass is 515 g/mol. The van der Waals surface area contributed by atoms with Crippen LogP contribution in [0.1, 0.15) is 72.8 Å². The number of nitrogens with two attached hydrogens (primary N) is 1. The highest BCUT2D eigenvalue weighted by Crippen LogP contribution is 2.19. The molecular formula is C29H45N3O5. The third kappa shape index (κ3) is 20.3. The second-order valence-corrected chi connectivity index (χ2v) is 9.08. The highest BCUT2D eigenvalue weighted by Gasteiger charge is 2.23. The lowest BCUT2D eigenvalue weighted by Gasteiger charge is -2.24. The third-order valence-electron chi connectivity index (χ3n) is 4.47. The van der Waals surface area contributed by atoms with Gasteiger partial charge in [-0.2, -0.15) is 5.26 Å². The normalized spacial score (nSPS) is 10.7. The molecule has 0 unspecified atom stereocenters. The van der Waals surface area contributed by atoms with Crippen LogP contribution in [0.3, 0.4) is 0 Å². The van der Waals surface area contributed by atoms with Gasteiger partial charge in [0.2, 0.25) is 0 Å². The number of alkyl carbamates (subject to hydrolysis) is 1. The molecule has 8 heteroatoms. The molecule has 8 nitrogen and oxygen atoms in total. The molecular weight excluding hydrogens is 470 g/mol. The summed E-state index contributed by atoms with van der Waals surface area (Å²) in [6, 6.07) is 11.0. The van der Waals surface area contributed by atoms with Gasteiger partial charge in [-0.05, 0) is 46.1 Å². The fourth-order valence-corrected chi connectivity index (χ4v) is 2.88. The predicted molar refractivity (Wildman–Crippen MR) is 150 cm³/mol. The molecule has 0 spiro atoms. The number of allylic oxidation sites excluding steroid dienone is 1. The van der Waals surface area contributed by atoms with Gasteiger partial charge in [-0.25, -0.2) is 9.59 Å². The minimum atomic E-state index is -0.799. The van der Waals surface area contributed by atoms with Crippen LogP contribution in [0.15, 0.2) is 61.9 Å². The van der Waals surface area contributed by atoms with Crippen LogP contribution in [-0.4, -0.2) is 36.5 Å². The van der Waals surface area contributed by atoms with Gasteiger partial charge < -0.3 is 25.3 Å². The van der Waals surface area contributed by atoms with Gasteiger partial charge in [0, 0.05) is 13.1 Å². The van der Waals surface area contributed by atoms with Crippen molar-refractivity contribution in [3.63, 3.8) is 0 Å². The molecule has 0 aliphatic rings. The van der Waals surface area contributed by atoms with Gasteiger partial charge in [-0.3, -0.25) is 0 Å². The van der Waals surface area contributed by atoms with Crippen molar-refractivity contribution in [2.75, 3.05) is 13.1 Å². The summed E-state index contributed by atoms with van der Waals surface area (Å²) in [5.41, 5.74) is 4.93. The Balaban J connectivity index is 0. The van der Waals surface area contributed by atoms with E-state index >= 15 is 0 Å². The number of rotatable bonds is 11. The van der Waals surface area contributed by atoms with Crippen LogP contribution in [0.5, 0.6) is 0 Å². The number of carbonyl (C=O) groups is 2. The smallest absolute Gasteiger partial charge is 0.444 e. The number of hydrogen-bond acceptors (Lipinski definition) is 7. The lowest BCUT2D eigenvalue weighted by molar-refractivity contribution is -0.00449. The van der Waals surface area contributed by atoms with Crippen molar-refractivity contribution < 1.29 is 23.8 Å². The van der Waals surface area contributed by atoms with E-state index in [1.807, 2.05) is 58.9 Å². The minimum absolute atomic E-state index is 0.274. The van der Waals surface area contributed by atoms with Crippen LogP contribution in [-0.2, 0) is 14.2 Å². The molecule has 0 aliphatic carbocycles. The summed E-state index contributed by atoms with van der Waals surface area (Å²) in [6.07, 6.45) is 6.74. The molecule has 0 saturated carbocycles. The standard InChI is InChI=1S/C16H19NO3.C10H19NO2.C3H7N/c1-4-10-16(2,3)20-15(18)19-12-14(11-17)13-8-6-5-7-9-13;1-5-7-10(3,4)13-9(12)11-8-6-2;1-2-3-4/h5-9,12H,4,10H2,1-3H3;6H,2,5,7-8H2,1,3-4H3,(H,11,12);2H,1,3-4H2/b14-12+;;. The molecule has 0 fully saturated rings. The largest absolute Gasteiger partial charge is 0.513 e. The van der Waals surface area contributed by atoms with Gasteiger partial charge in [-0.1, -0.05) is 69.2 Å². The van der Waals surface area contributed by atoms with E-state index in [9.17, 15) is 9.59 Å². The molecule has 0 bridgehead atoms. The van der Waals surface area contributed by atoms with E-state index in [1.165, 1.54) is 0 Å². The molecule has 1 aromatic rings. The predicted octanol–water partition coefficient (Wildman–Crippen LogP) is 6.89. The molecule has 0 atom stereocenters. The fraction of sp³-hybridized carbons (Fsp3) is 0.483. The minimum Gasteiger partial charge on any atom is -0.444 e. The zero-order valence-corrected chi connectivity index (χ0v) is 23.3. The maximum absolute atomic E-state index is 11.6. The molecule has 0 aromatic heterocycles. The highest BCUT2D eigenvalue weighted by molar-refractivity contribution is 5.77. The average molecular weight is 516 g/mol. The summed E-state index contributed by atoms with van der Waals surface area (Å²) in [5.74, 6) is 0. The number of carbonyl (C=O) groups excluding carboxylic acids is 2. The number of nitrogens with zero attached hydrogens (tertiary/aromatic N) is 1. The zero-order valence-electron chi connectivity index (χ0n) is 23.3. The molecule has 1 amide bonds. The van der Waals surface area contributed by atoms with Crippen molar-refractivity contribution in [3.8, 4) is 6.07 Å². The number of nitriles is 1. The Morgan fingerprint density at radius 2 is 1.51 bits per heavy atom. The number of amides is 1. The summed E-state index contributed by atoms with van der Waals surface area (Å²) in [6.45, 7) is 19.4. The molecule has 0 saturated heterocycles. The zero-order chi connectivity index (χ0) is 28.7. The molecule has 206 valence electrons. The topological polar surface area (TPSA) is 124 Å². The Morgan fingerprint density at radius 3 is 1.95 bits per heavy atom. The Hall–Kier alpha value is -3.57. The van der Waals surface area contributed by atoms with Gasteiger partial charge in [0.1, 0.15) is 23.5 Å². The molecule has 3 N–H and O–H groups in total. The first kappa shape index (κ1) is 35.6. The number of nitrogens with one attached hydrogen (secondary N) is 1. The Morgan fingerprint density at radius 1 is 1.00 bits per heavy atom. The van der Waals surface area contributed by atoms with E-state index in [0.717, 1.165) is 31.9 Å². The van der Waals surface area contributed by atoms with Crippen LogP contribution in [0, 0.1) is 11.3 Å². The molecule has 1 aromatic carbocycles. The second kappa shape index (κ2) is 20.6. The van der Waals surface area contributed by atoms with E-state index in [-0.39, 0.29) is 17.3 Å². The molecule has 1 rings (SSSR count). The summed E-state index contributed by atoms with van der Waals surface area (Å²) in [4.78, 5) is 22.7. The first-order chi connectivity index (χ1) is 17.4. The van der Waals surface area contributed by atoms with E-state index in [1.54, 1.807) is 24.3 Å². The van der Waals surface area contributed by atoms with E-state index in [0.29, 0.717) is 18.7 Å². The van der Waals surface area contributed by atoms with E-state index < -0.39 is 11.8 Å². The number of hydrogen-bond donors (Lipinski definition) is 2. The maximum atomic E-state index is 11.6. The average Bonchev–Trinajstić information content (AvgIpc) is 2.83. The van der Waals surface area contributed by atoms with Crippen LogP contribution in [0.4, 0.5) is 9.59 Å². The summed E-state index contributed by atoms with van der Waals surface area (Å²) < 4.78 is 15.3. The Labute approximate surface area is 223 Å². The van der Waals surface area contributed by atoms with Crippen LogP contribution in [0.25, 0.3) is 5.57 Å². The van der Waals surface area contributed by atoms with Crippen LogP contribution in [0.2, 0.25) is 0 Å². The quantitative estimate of drug-likeness (QED) is 0.142. The van der Waals surface area contributed by atoms with Crippen LogP contribution < -0.4 is 11.1 Å². The van der Waals surface area contributed by atoms with Gasteiger partial charge in [0.25, 0.3) is 0 Å². The van der Waals surface area contributed by atoms with Gasteiger partial charge in [-0.15, -0.1) is 13.2 Å². The third-order valence-corrected chi connectivity index (χ3v) is 4.47. The molecule has 0 radical (unpaired) electrons. The molecule has 0 heterocycles. The lowest BCUT2D eigenvalue weighted by atomic mass is 10.0. The van der Waals surface area contributed by atoms with Crippen molar-refractivity contribution in [1.29, 1.82) is 5.26 Å². The first-order valence-corrected chi connectivity index (χ1v) is 12.4. The van der Waals surface area contributed by atoms with Crippen molar-refractivity contribution in [3.05, 3.63) is 67.5 Å². The Bertz CT molecular complexity index is 871. The van der Waals surface area contributed by atoms with Gasteiger partial charge >= 0.3 is 12.2 Å². The molecule has 0 aliphatic heterocycles. The van der Waals surface area contributed by atoms with E-state index in [2.05, 4.69) is 25.4 Å². The Kier molecular flexibility index (Phi) is 19.8. The first-order valence-electron chi connectivity index (χ1n) is 12.4. The second-order valence-electron chi connectivity index (χ2n) is 9.08. The summed E-state index contributed by atoms with van der Waals surface area (Å²) in [7, 11) is 0. The maximum Gasteiger partial charge on any atom is 0.513 e.